The predicted octanol–water partition coefficient (Wildman–Crippen LogP) is 2.45. The maximum atomic E-state index is 11.9. The third kappa shape index (κ3) is 4.14. The second-order valence-corrected chi connectivity index (χ2v) is 6.96. The zero-order valence-electron chi connectivity index (χ0n) is 12.2. The van der Waals surface area contributed by atoms with E-state index < -0.39 is 0 Å². The highest BCUT2D eigenvalue weighted by molar-refractivity contribution is 7.12. The first kappa shape index (κ1) is 14.7. The summed E-state index contributed by atoms with van der Waals surface area (Å²) in [6.07, 6.45) is 5.40. The molecule has 1 N–H and O–H groups in total. The number of hydrogen-bond donors (Lipinski definition) is 1. The summed E-state index contributed by atoms with van der Waals surface area (Å²) in [5.41, 5.74) is 0. The van der Waals surface area contributed by atoms with Gasteiger partial charge in [-0.15, -0.1) is 11.3 Å². The molecule has 1 aliphatic heterocycles. The van der Waals surface area contributed by atoms with Gasteiger partial charge in [0.15, 0.2) is 5.78 Å². The van der Waals surface area contributed by atoms with Crippen molar-refractivity contribution in [3.8, 4) is 0 Å². The van der Waals surface area contributed by atoms with E-state index in [1.807, 2.05) is 17.5 Å². The van der Waals surface area contributed by atoms with Crippen molar-refractivity contribution >= 4 is 23.0 Å². The number of thiophene rings is 1. The highest BCUT2D eigenvalue weighted by Crippen LogP contribution is 2.29. The van der Waals surface area contributed by atoms with E-state index in [0.29, 0.717) is 18.9 Å². The first-order valence-corrected chi connectivity index (χ1v) is 8.70. The first-order chi connectivity index (χ1) is 10.2. The Kier molecular flexibility index (Phi) is 4.70. The summed E-state index contributed by atoms with van der Waals surface area (Å²) in [5.74, 6) is 0.0912. The molecule has 2 heterocycles. The van der Waals surface area contributed by atoms with Crippen LogP contribution < -0.4 is 5.32 Å². The number of amides is 1. The van der Waals surface area contributed by atoms with Gasteiger partial charge in [0, 0.05) is 38.0 Å². The zero-order chi connectivity index (χ0) is 14.7. The molecular formula is C16H22N2O2S. The lowest BCUT2D eigenvalue weighted by molar-refractivity contribution is -0.122. The number of hydrogen-bond acceptors (Lipinski definition) is 4. The summed E-state index contributed by atoms with van der Waals surface area (Å²) < 4.78 is 0. The topological polar surface area (TPSA) is 49.4 Å². The second-order valence-electron chi connectivity index (χ2n) is 6.01. The number of piperidine rings is 1. The highest BCUT2D eigenvalue weighted by atomic mass is 32.1. The zero-order valence-corrected chi connectivity index (χ0v) is 13.0. The largest absolute Gasteiger partial charge is 0.353 e. The molecule has 1 amide bonds. The van der Waals surface area contributed by atoms with Gasteiger partial charge in [-0.05, 0) is 37.1 Å². The van der Waals surface area contributed by atoms with E-state index in [1.165, 1.54) is 24.2 Å². The molecular weight excluding hydrogens is 284 g/mol. The van der Waals surface area contributed by atoms with Crippen molar-refractivity contribution in [2.24, 2.45) is 0 Å². The van der Waals surface area contributed by atoms with Crippen molar-refractivity contribution in [3.05, 3.63) is 22.4 Å². The van der Waals surface area contributed by atoms with E-state index in [4.69, 9.17) is 0 Å². The van der Waals surface area contributed by atoms with Gasteiger partial charge in [0.25, 0.3) is 0 Å². The van der Waals surface area contributed by atoms with Crippen molar-refractivity contribution in [1.82, 2.24) is 10.2 Å². The lowest BCUT2D eigenvalue weighted by Crippen LogP contribution is -2.45. The third-order valence-electron chi connectivity index (χ3n) is 4.33. The summed E-state index contributed by atoms with van der Waals surface area (Å²) in [4.78, 5) is 27.1. The summed E-state index contributed by atoms with van der Waals surface area (Å²) in [7, 11) is 0. The summed E-state index contributed by atoms with van der Waals surface area (Å²) in [5, 5.41) is 4.97. The molecule has 1 aromatic heterocycles. The first-order valence-electron chi connectivity index (χ1n) is 7.82. The van der Waals surface area contributed by atoms with Crippen LogP contribution in [0.3, 0.4) is 0 Å². The van der Waals surface area contributed by atoms with Gasteiger partial charge in [-0.2, -0.15) is 0 Å². The molecule has 1 saturated carbocycles. The van der Waals surface area contributed by atoms with Crippen LogP contribution in [0.1, 0.15) is 48.2 Å². The Morgan fingerprint density at radius 3 is 2.57 bits per heavy atom. The second kappa shape index (κ2) is 6.71. The van der Waals surface area contributed by atoms with E-state index in [0.717, 1.165) is 36.9 Å². The minimum atomic E-state index is 0.0183. The van der Waals surface area contributed by atoms with Crippen LogP contribution in [-0.2, 0) is 4.79 Å². The van der Waals surface area contributed by atoms with Crippen LogP contribution in [0.15, 0.2) is 17.5 Å². The van der Waals surface area contributed by atoms with Crippen LogP contribution in [0, 0.1) is 0 Å². The molecule has 0 unspecified atom stereocenters. The maximum Gasteiger partial charge on any atom is 0.220 e. The van der Waals surface area contributed by atoms with Crippen molar-refractivity contribution in [2.45, 2.75) is 50.6 Å². The lowest BCUT2D eigenvalue weighted by atomic mass is 10.0. The van der Waals surface area contributed by atoms with E-state index >= 15 is 0 Å². The van der Waals surface area contributed by atoms with E-state index in [9.17, 15) is 9.59 Å². The smallest absolute Gasteiger partial charge is 0.220 e. The molecule has 4 nitrogen and oxygen atoms in total. The van der Waals surface area contributed by atoms with Gasteiger partial charge in [-0.25, -0.2) is 0 Å². The Morgan fingerprint density at radius 2 is 1.95 bits per heavy atom. The molecule has 0 aromatic carbocycles. The standard InChI is InChI=1S/C16H22N2O2S/c19-14(15-2-1-11-21-15)5-6-16(20)17-12-7-9-18(10-8-12)13-3-4-13/h1-2,11-13H,3-10H2,(H,17,20). The highest BCUT2D eigenvalue weighted by Gasteiger charge is 2.32. The number of likely N-dealkylation sites (tertiary alicyclic amines) is 1. The fourth-order valence-corrected chi connectivity index (χ4v) is 3.63. The number of carbonyl (C=O) groups is 2. The van der Waals surface area contributed by atoms with E-state index in [2.05, 4.69) is 10.2 Å². The molecule has 0 spiro atoms. The van der Waals surface area contributed by atoms with Gasteiger partial charge in [-0.3, -0.25) is 9.59 Å². The van der Waals surface area contributed by atoms with Crippen LogP contribution in [0.4, 0.5) is 0 Å². The Labute approximate surface area is 129 Å². The number of ketones is 1. The molecule has 114 valence electrons. The van der Waals surface area contributed by atoms with Crippen molar-refractivity contribution in [3.63, 3.8) is 0 Å². The van der Waals surface area contributed by atoms with Gasteiger partial charge < -0.3 is 10.2 Å². The quantitative estimate of drug-likeness (QED) is 0.821. The number of rotatable bonds is 6. The molecule has 5 heteroatoms. The van der Waals surface area contributed by atoms with Crippen molar-refractivity contribution < 1.29 is 9.59 Å². The van der Waals surface area contributed by atoms with Crippen LogP contribution in [0.2, 0.25) is 0 Å². The maximum absolute atomic E-state index is 11.9. The number of Topliss-reactive ketones (excluding diaryl/α,β-unsaturated/α-hetero) is 1. The molecule has 2 aliphatic rings. The van der Waals surface area contributed by atoms with E-state index in [1.54, 1.807) is 0 Å². The molecule has 1 aromatic rings. The van der Waals surface area contributed by atoms with Crippen LogP contribution in [-0.4, -0.2) is 41.8 Å². The average molecular weight is 306 g/mol. The van der Waals surface area contributed by atoms with Crippen molar-refractivity contribution in [2.75, 3.05) is 13.1 Å². The summed E-state index contributed by atoms with van der Waals surface area (Å²) in [6.45, 7) is 2.20. The molecule has 3 rings (SSSR count). The molecule has 0 radical (unpaired) electrons. The fraction of sp³-hybridized carbons (Fsp3) is 0.625. The molecule has 21 heavy (non-hydrogen) atoms. The lowest BCUT2D eigenvalue weighted by Gasteiger charge is -2.32. The van der Waals surface area contributed by atoms with Gasteiger partial charge in [0.2, 0.25) is 5.91 Å². The minimum absolute atomic E-state index is 0.0183. The third-order valence-corrected chi connectivity index (χ3v) is 5.24. The fourth-order valence-electron chi connectivity index (χ4n) is 2.94. The normalized spacial score (nSPS) is 20.4. The SMILES string of the molecule is O=C(CCC(=O)c1cccs1)NC1CCN(C2CC2)CC1. The minimum Gasteiger partial charge on any atom is -0.353 e. The number of nitrogens with one attached hydrogen (secondary N) is 1. The van der Waals surface area contributed by atoms with Crippen LogP contribution >= 0.6 is 11.3 Å². The Bertz CT molecular complexity index is 488. The number of carbonyl (C=O) groups excluding carboxylic acids is 2. The van der Waals surface area contributed by atoms with Gasteiger partial charge in [0.05, 0.1) is 4.88 Å². The van der Waals surface area contributed by atoms with Crippen LogP contribution in [0.5, 0.6) is 0 Å². The molecule has 1 aliphatic carbocycles. The summed E-state index contributed by atoms with van der Waals surface area (Å²) >= 11 is 1.44. The van der Waals surface area contributed by atoms with Gasteiger partial charge >= 0.3 is 0 Å². The predicted molar refractivity (Wildman–Crippen MR) is 83.6 cm³/mol. The van der Waals surface area contributed by atoms with Gasteiger partial charge in [0.1, 0.15) is 0 Å². The average Bonchev–Trinajstić information content (AvgIpc) is 3.20. The Hall–Kier alpha value is -1.20. The Balaban J connectivity index is 1.35. The van der Waals surface area contributed by atoms with E-state index in [-0.39, 0.29) is 11.7 Å². The monoisotopic (exact) mass is 306 g/mol. The Morgan fingerprint density at radius 1 is 1.19 bits per heavy atom. The molecule has 2 fully saturated rings. The number of nitrogens with zero attached hydrogens (tertiary/aromatic N) is 1. The summed E-state index contributed by atoms with van der Waals surface area (Å²) in [6, 6.07) is 4.80. The van der Waals surface area contributed by atoms with Gasteiger partial charge in [-0.1, -0.05) is 6.07 Å². The molecule has 1 saturated heterocycles. The molecule has 0 bridgehead atoms. The van der Waals surface area contributed by atoms with Crippen molar-refractivity contribution in [1.29, 1.82) is 0 Å². The molecule has 0 atom stereocenters. The van der Waals surface area contributed by atoms with Crippen LogP contribution in [0.25, 0.3) is 0 Å².